The van der Waals surface area contributed by atoms with Gasteiger partial charge in [0.25, 0.3) is 0 Å². The second-order valence-electron chi connectivity index (χ2n) is 9.62. The third kappa shape index (κ3) is 7.97. The Kier molecular flexibility index (Phi) is 9.88. The molecular formula is C31H31F2IN2O3. The zero-order valence-corrected chi connectivity index (χ0v) is 23.9. The maximum absolute atomic E-state index is 13.9. The van der Waals surface area contributed by atoms with Crippen molar-refractivity contribution < 1.29 is 23.4 Å². The van der Waals surface area contributed by atoms with Gasteiger partial charge >= 0.3 is 0 Å². The first-order valence-electron chi connectivity index (χ1n) is 12.7. The number of hydrogen-bond acceptors (Lipinski definition) is 4. The Morgan fingerprint density at radius 1 is 0.949 bits per heavy atom. The van der Waals surface area contributed by atoms with Gasteiger partial charge < -0.3 is 20.5 Å². The fraction of sp³-hybridized carbons (Fsp3) is 0.258. The molecule has 0 radical (unpaired) electrons. The lowest BCUT2D eigenvalue weighted by Crippen LogP contribution is -2.49. The van der Waals surface area contributed by atoms with Crippen molar-refractivity contribution in [2.45, 2.75) is 38.0 Å². The molecule has 8 heteroatoms. The molecule has 3 N–H and O–H groups in total. The molecule has 3 atom stereocenters. The van der Waals surface area contributed by atoms with Crippen molar-refractivity contribution in [1.29, 1.82) is 0 Å². The lowest BCUT2D eigenvalue weighted by molar-refractivity contribution is -0.123. The summed E-state index contributed by atoms with van der Waals surface area (Å²) in [5.41, 5.74) is 2.22. The van der Waals surface area contributed by atoms with Crippen molar-refractivity contribution in [3.8, 4) is 5.75 Å². The number of aliphatic hydroxyl groups is 1. The van der Waals surface area contributed by atoms with Gasteiger partial charge in [0, 0.05) is 22.7 Å². The van der Waals surface area contributed by atoms with E-state index in [-0.39, 0.29) is 18.9 Å². The average molecular weight is 645 g/mol. The van der Waals surface area contributed by atoms with Crippen LogP contribution in [0.15, 0.2) is 78.9 Å². The van der Waals surface area contributed by atoms with E-state index in [4.69, 9.17) is 4.74 Å². The van der Waals surface area contributed by atoms with Crippen LogP contribution in [0.25, 0.3) is 10.8 Å². The van der Waals surface area contributed by atoms with Crippen molar-refractivity contribution in [1.82, 2.24) is 10.6 Å². The number of hydrogen-bond donors (Lipinski definition) is 3. The molecule has 0 fully saturated rings. The Balaban J connectivity index is 1.48. The summed E-state index contributed by atoms with van der Waals surface area (Å²) in [5, 5.41) is 19.2. The molecule has 1 amide bonds. The summed E-state index contributed by atoms with van der Waals surface area (Å²) in [6, 6.07) is 22.0. The predicted molar refractivity (Wildman–Crippen MR) is 158 cm³/mol. The van der Waals surface area contributed by atoms with E-state index in [1.54, 1.807) is 14.0 Å². The first-order valence-corrected chi connectivity index (χ1v) is 13.8. The summed E-state index contributed by atoms with van der Waals surface area (Å²) in [6.07, 6.45) is -0.934. The van der Waals surface area contributed by atoms with Crippen LogP contribution in [0.4, 0.5) is 8.78 Å². The number of halogens is 3. The summed E-state index contributed by atoms with van der Waals surface area (Å²) in [7, 11) is 1.61. The van der Waals surface area contributed by atoms with Crippen LogP contribution >= 0.6 is 22.6 Å². The molecule has 4 rings (SSSR count). The molecule has 4 aromatic rings. The zero-order chi connectivity index (χ0) is 27.9. The van der Waals surface area contributed by atoms with Gasteiger partial charge in [-0.05, 0) is 99.8 Å². The van der Waals surface area contributed by atoms with Gasteiger partial charge in [-0.1, -0.05) is 36.4 Å². The van der Waals surface area contributed by atoms with Crippen LogP contribution in [0.3, 0.4) is 0 Å². The standard InChI is InChI=1S/C31H31F2IN2O3/c1-19(22-6-7-24-15-28(39-2)9-8-23(24)14-22)31(38)36-29(13-21-10-25(32)16-26(33)11-21)30(37)18-35-17-20-4-3-5-27(34)12-20/h3-12,14-16,19,29-30,35,37H,13,17-18H2,1-2H3,(H,36,38)/t19-,29+,30+/m1/s1. The zero-order valence-electron chi connectivity index (χ0n) is 21.8. The summed E-state index contributed by atoms with van der Waals surface area (Å²) in [4.78, 5) is 13.3. The van der Waals surface area contributed by atoms with Crippen LogP contribution in [0.2, 0.25) is 0 Å². The van der Waals surface area contributed by atoms with E-state index in [1.165, 1.54) is 12.1 Å². The highest BCUT2D eigenvalue weighted by Crippen LogP contribution is 2.25. The van der Waals surface area contributed by atoms with E-state index >= 15 is 0 Å². The Hall–Kier alpha value is -3.08. The molecule has 39 heavy (non-hydrogen) atoms. The van der Waals surface area contributed by atoms with Gasteiger partial charge in [-0.2, -0.15) is 0 Å². The first-order chi connectivity index (χ1) is 18.7. The van der Waals surface area contributed by atoms with Gasteiger partial charge in [-0.25, -0.2) is 8.78 Å². The number of amides is 1. The topological polar surface area (TPSA) is 70.6 Å². The number of nitrogens with one attached hydrogen (secondary N) is 2. The van der Waals surface area contributed by atoms with Gasteiger partial charge in [-0.15, -0.1) is 0 Å². The van der Waals surface area contributed by atoms with Gasteiger partial charge in [0.1, 0.15) is 17.4 Å². The van der Waals surface area contributed by atoms with Crippen molar-refractivity contribution in [2.75, 3.05) is 13.7 Å². The summed E-state index contributed by atoms with van der Waals surface area (Å²) >= 11 is 2.24. The smallest absolute Gasteiger partial charge is 0.227 e. The number of aliphatic hydroxyl groups excluding tert-OH is 1. The number of benzene rings is 4. The Bertz CT molecular complexity index is 1430. The number of rotatable bonds is 11. The van der Waals surface area contributed by atoms with Crippen LogP contribution in [0, 0.1) is 15.2 Å². The van der Waals surface area contributed by atoms with Crippen molar-refractivity contribution in [3.05, 3.63) is 111 Å². The third-order valence-electron chi connectivity index (χ3n) is 6.71. The van der Waals surface area contributed by atoms with E-state index in [1.807, 2.05) is 60.7 Å². The quantitative estimate of drug-likeness (QED) is 0.183. The van der Waals surface area contributed by atoms with E-state index in [0.717, 1.165) is 37.3 Å². The molecule has 0 saturated carbocycles. The first kappa shape index (κ1) is 28.9. The van der Waals surface area contributed by atoms with E-state index < -0.39 is 29.7 Å². The van der Waals surface area contributed by atoms with Crippen LogP contribution in [-0.4, -0.2) is 36.8 Å². The molecule has 204 valence electrons. The largest absolute Gasteiger partial charge is 0.497 e. The lowest BCUT2D eigenvalue weighted by Gasteiger charge is -2.26. The van der Waals surface area contributed by atoms with E-state index in [0.29, 0.717) is 12.1 Å². The minimum Gasteiger partial charge on any atom is -0.497 e. The second-order valence-corrected chi connectivity index (χ2v) is 10.9. The molecule has 0 aliphatic carbocycles. The molecule has 4 aromatic carbocycles. The highest BCUT2D eigenvalue weighted by molar-refractivity contribution is 14.1. The maximum Gasteiger partial charge on any atom is 0.227 e. The van der Waals surface area contributed by atoms with E-state index in [2.05, 4.69) is 33.2 Å². The molecule has 0 aromatic heterocycles. The number of carbonyl (C=O) groups is 1. The van der Waals surface area contributed by atoms with Crippen LogP contribution in [-0.2, 0) is 17.8 Å². The number of methoxy groups -OCH3 is 1. The fourth-order valence-corrected chi connectivity index (χ4v) is 5.12. The number of fused-ring (bicyclic) bond motifs is 1. The van der Waals surface area contributed by atoms with Gasteiger partial charge in [0.15, 0.2) is 0 Å². The number of ether oxygens (including phenoxy) is 1. The van der Waals surface area contributed by atoms with Gasteiger partial charge in [0.2, 0.25) is 5.91 Å². The molecular weight excluding hydrogens is 613 g/mol. The minimum absolute atomic E-state index is 0.0662. The minimum atomic E-state index is -1.00. The summed E-state index contributed by atoms with van der Waals surface area (Å²) < 4.78 is 34.1. The van der Waals surface area contributed by atoms with Crippen molar-refractivity contribution in [3.63, 3.8) is 0 Å². The molecule has 5 nitrogen and oxygen atoms in total. The normalized spacial score (nSPS) is 13.6. The molecule has 0 saturated heterocycles. The third-order valence-corrected chi connectivity index (χ3v) is 7.38. The van der Waals surface area contributed by atoms with Gasteiger partial charge in [0.05, 0.1) is 25.2 Å². The maximum atomic E-state index is 13.9. The molecule has 0 bridgehead atoms. The van der Waals surface area contributed by atoms with Gasteiger partial charge in [-0.3, -0.25) is 4.79 Å². The van der Waals surface area contributed by atoms with Crippen LogP contribution in [0.5, 0.6) is 5.75 Å². The van der Waals surface area contributed by atoms with Crippen LogP contribution in [0.1, 0.15) is 29.5 Å². The second kappa shape index (κ2) is 13.3. The summed E-state index contributed by atoms with van der Waals surface area (Å²) in [6.45, 7) is 2.50. The predicted octanol–water partition coefficient (Wildman–Crippen LogP) is 5.71. The van der Waals surface area contributed by atoms with Crippen molar-refractivity contribution >= 4 is 39.3 Å². The van der Waals surface area contributed by atoms with E-state index in [9.17, 15) is 18.7 Å². The Morgan fingerprint density at radius 3 is 2.38 bits per heavy atom. The average Bonchev–Trinajstić information content (AvgIpc) is 2.91. The highest BCUT2D eigenvalue weighted by atomic mass is 127. The Labute approximate surface area is 240 Å². The molecule has 0 aliphatic heterocycles. The lowest BCUT2D eigenvalue weighted by atomic mass is 9.95. The monoisotopic (exact) mass is 644 g/mol. The fourth-order valence-electron chi connectivity index (χ4n) is 4.52. The van der Waals surface area contributed by atoms with Crippen LogP contribution < -0.4 is 15.4 Å². The highest BCUT2D eigenvalue weighted by Gasteiger charge is 2.25. The van der Waals surface area contributed by atoms with Crippen molar-refractivity contribution in [2.24, 2.45) is 0 Å². The molecule has 0 aliphatic rings. The summed E-state index contributed by atoms with van der Waals surface area (Å²) in [5.74, 6) is -1.47. The molecule has 0 unspecified atom stereocenters. The molecule has 0 spiro atoms. The molecule has 0 heterocycles. The number of carbonyl (C=O) groups excluding carboxylic acids is 1. The Morgan fingerprint density at radius 2 is 1.67 bits per heavy atom. The SMILES string of the molecule is COc1ccc2cc([C@@H](C)C(=O)N[C@@H](Cc3cc(F)cc(F)c3)[C@@H](O)CNCc3cccc(I)c3)ccc2c1.